The molecule has 5 nitrogen and oxygen atoms in total. The summed E-state index contributed by atoms with van der Waals surface area (Å²) in [6.07, 6.45) is 0.454. The number of fused-ring (bicyclic) bond motifs is 1. The number of carbonyl (C=O) groups excluding carboxylic acids is 1. The first kappa shape index (κ1) is 25.1. The monoisotopic (exact) mass is 513 g/mol. The first-order valence-electron chi connectivity index (χ1n) is 11.4. The van der Waals surface area contributed by atoms with E-state index in [4.69, 9.17) is 11.6 Å². The quantitative estimate of drug-likeness (QED) is 0.483. The average molecular weight is 514 g/mol. The van der Waals surface area contributed by atoms with Crippen LogP contribution in [0.25, 0.3) is 0 Å². The summed E-state index contributed by atoms with van der Waals surface area (Å²) in [5.74, 6) is -0.171. The summed E-state index contributed by atoms with van der Waals surface area (Å²) in [5, 5.41) is 0.245. The van der Waals surface area contributed by atoms with E-state index >= 15 is 0 Å². The number of aryl methyl sites for hydroxylation is 1. The van der Waals surface area contributed by atoms with E-state index in [1.165, 1.54) is 12.1 Å². The molecule has 2 aromatic rings. The van der Waals surface area contributed by atoms with Crippen LogP contribution in [0.4, 0.5) is 18.9 Å². The number of hydrogen-bond acceptors (Lipinski definition) is 4. The van der Waals surface area contributed by atoms with Gasteiger partial charge >= 0.3 is 6.18 Å². The van der Waals surface area contributed by atoms with Gasteiger partial charge in [-0.25, -0.2) is 0 Å². The molecule has 0 radical (unpaired) electrons. The molecule has 34 heavy (non-hydrogen) atoms. The Morgan fingerprint density at radius 2 is 1.88 bits per heavy atom. The number of rotatable bonds is 3. The first-order valence-corrected chi connectivity index (χ1v) is 14.3. The lowest BCUT2D eigenvalue weighted by atomic mass is 10.0. The molecule has 0 atom stereocenters. The lowest BCUT2D eigenvalue weighted by molar-refractivity contribution is -0.138. The summed E-state index contributed by atoms with van der Waals surface area (Å²) in [6.45, 7) is 5.05. The fraction of sp³-hybridized carbons (Fsp3) is 0.500. The van der Waals surface area contributed by atoms with E-state index in [1.54, 1.807) is 17.8 Å². The summed E-state index contributed by atoms with van der Waals surface area (Å²) in [6, 6.07) is 3.63. The van der Waals surface area contributed by atoms with E-state index in [1.807, 2.05) is 11.8 Å². The predicted octanol–water partition coefficient (Wildman–Crippen LogP) is 5.85. The van der Waals surface area contributed by atoms with E-state index < -0.39 is 18.9 Å². The van der Waals surface area contributed by atoms with Crippen molar-refractivity contribution in [1.82, 2.24) is 9.88 Å². The molecule has 3 heterocycles. The predicted molar refractivity (Wildman–Crippen MR) is 129 cm³/mol. The third kappa shape index (κ3) is 5.28. The van der Waals surface area contributed by atoms with Crippen molar-refractivity contribution >= 4 is 30.3 Å². The van der Waals surface area contributed by atoms with Gasteiger partial charge in [-0.3, -0.25) is 9.78 Å². The Kier molecular flexibility index (Phi) is 7.03. The molecule has 0 N–H and O–H groups in total. The fourth-order valence-electron chi connectivity index (χ4n) is 4.76. The maximum atomic E-state index is 13.7. The highest BCUT2D eigenvalue weighted by molar-refractivity contribution is 7.63. The van der Waals surface area contributed by atoms with Crippen LogP contribution < -0.4 is 4.90 Å². The van der Waals surface area contributed by atoms with Gasteiger partial charge in [-0.15, -0.1) is 0 Å². The van der Waals surface area contributed by atoms with Gasteiger partial charge < -0.3 is 14.4 Å². The van der Waals surface area contributed by atoms with Crippen molar-refractivity contribution in [3.8, 4) is 0 Å². The number of anilines is 1. The van der Waals surface area contributed by atoms with Crippen molar-refractivity contribution in [1.29, 1.82) is 0 Å². The van der Waals surface area contributed by atoms with Crippen LogP contribution in [0.5, 0.6) is 0 Å². The molecule has 0 spiro atoms. The van der Waals surface area contributed by atoms with E-state index in [2.05, 4.69) is 4.98 Å². The maximum absolute atomic E-state index is 13.7. The van der Waals surface area contributed by atoms with Crippen molar-refractivity contribution in [2.75, 3.05) is 43.5 Å². The first-order chi connectivity index (χ1) is 16.0. The van der Waals surface area contributed by atoms with Gasteiger partial charge in [-0.1, -0.05) is 11.6 Å². The summed E-state index contributed by atoms with van der Waals surface area (Å²) in [5.41, 5.74) is 2.07. The van der Waals surface area contributed by atoms with Crippen LogP contribution in [0, 0.1) is 6.92 Å². The smallest absolute Gasteiger partial charge is 0.365 e. The fourth-order valence-corrected chi connectivity index (χ4v) is 6.51. The van der Waals surface area contributed by atoms with Gasteiger partial charge in [-0.05, 0) is 62.2 Å². The number of halogens is 4. The van der Waals surface area contributed by atoms with Crippen LogP contribution in [0.2, 0.25) is 5.02 Å². The van der Waals surface area contributed by atoms with Gasteiger partial charge in [0.15, 0.2) is 0 Å². The van der Waals surface area contributed by atoms with E-state index in [-0.39, 0.29) is 23.0 Å². The minimum Gasteiger partial charge on any atom is -0.365 e. The molecular weight excluding hydrogens is 486 g/mol. The minimum atomic E-state index is -4.49. The molecule has 184 valence electrons. The highest BCUT2D eigenvalue weighted by atomic mass is 35.5. The number of pyridine rings is 1. The molecule has 0 aliphatic carbocycles. The van der Waals surface area contributed by atoms with Crippen LogP contribution in [-0.4, -0.2) is 54.4 Å². The number of carbonyl (C=O) groups is 1. The molecule has 0 unspecified atom stereocenters. The van der Waals surface area contributed by atoms with Gasteiger partial charge in [0.05, 0.1) is 29.7 Å². The SMILES string of the molecule is Cc1c(C(=O)N2CCP(C)(=O)CC2)cnc2c1N(Cc1cc(Cl)ccc1C(F)(F)F)CCCC2. The van der Waals surface area contributed by atoms with E-state index in [0.717, 1.165) is 35.9 Å². The van der Waals surface area contributed by atoms with E-state index in [0.29, 0.717) is 43.9 Å². The number of nitrogens with zero attached hydrogens (tertiary/aromatic N) is 3. The standard InChI is InChI=1S/C24H28ClF3N3O2P/c1-16-19(23(32)30-9-11-34(2,33)12-10-30)14-29-21-5-3-4-8-31(22(16)21)15-17-13-18(25)6-7-20(17)24(26,27)28/h6-7,13-14H,3-5,8-12,15H2,1-2H3. The maximum Gasteiger partial charge on any atom is 0.416 e. The minimum absolute atomic E-state index is 0.0191. The van der Waals surface area contributed by atoms with Crippen molar-refractivity contribution in [3.05, 3.63) is 57.4 Å². The highest BCUT2D eigenvalue weighted by Crippen LogP contribution is 2.43. The second kappa shape index (κ2) is 9.54. The largest absolute Gasteiger partial charge is 0.416 e. The second-order valence-corrected chi connectivity index (χ2v) is 13.2. The highest BCUT2D eigenvalue weighted by Gasteiger charge is 2.35. The number of aromatic nitrogens is 1. The molecule has 0 saturated carbocycles. The molecule has 1 aromatic carbocycles. The Morgan fingerprint density at radius 3 is 2.56 bits per heavy atom. The van der Waals surface area contributed by atoms with E-state index in [9.17, 15) is 22.5 Å². The molecule has 1 saturated heterocycles. The summed E-state index contributed by atoms with van der Waals surface area (Å²) >= 11 is 6.05. The molecule has 10 heteroatoms. The number of amides is 1. The number of benzene rings is 1. The van der Waals surface area contributed by atoms with Crippen molar-refractivity contribution in [2.45, 2.75) is 38.9 Å². The molecule has 0 bridgehead atoms. The van der Waals surface area contributed by atoms with Crippen LogP contribution in [0.3, 0.4) is 0 Å². The van der Waals surface area contributed by atoms with Crippen LogP contribution in [-0.2, 0) is 23.7 Å². The molecule has 4 rings (SSSR count). The lowest BCUT2D eigenvalue weighted by Gasteiger charge is -2.32. The van der Waals surface area contributed by atoms with Crippen LogP contribution >= 0.6 is 18.7 Å². The third-order valence-electron chi connectivity index (χ3n) is 6.73. The molecule has 1 amide bonds. The zero-order valence-corrected chi connectivity index (χ0v) is 20.9. The second-order valence-electron chi connectivity index (χ2n) is 9.31. The van der Waals surface area contributed by atoms with Crippen molar-refractivity contribution in [3.63, 3.8) is 0 Å². The Balaban J connectivity index is 1.70. The van der Waals surface area contributed by atoms with Gasteiger partial charge in [0.2, 0.25) is 0 Å². The lowest BCUT2D eigenvalue weighted by Crippen LogP contribution is -2.40. The molecular formula is C24H28ClF3N3O2P. The molecule has 2 aliphatic heterocycles. The Bertz CT molecular complexity index is 1140. The van der Waals surface area contributed by atoms with Gasteiger partial charge in [-0.2, -0.15) is 13.2 Å². The van der Waals surface area contributed by atoms with Crippen molar-refractivity contribution < 1.29 is 22.5 Å². The summed E-state index contributed by atoms with van der Waals surface area (Å²) < 4.78 is 53.4. The molecule has 2 aliphatic rings. The summed E-state index contributed by atoms with van der Waals surface area (Å²) in [4.78, 5) is 21.5. The van der Waals surface area contributed by atoms with Gasteiger partial charge in [0.25, 0.3) is 5.91 Å². The number of alkyl halides is 3. The average Bonchev–Trinajstić information content (AvgIpc) is 2.95. The van der Waals surface area contributed by atoms with Crippen molar-refractivity contribution in [2.24, 2.45) is 0 Å². The van der Waals surface area contributed by atoms with Gasteiger partial charge in [0.1, 0.15) is 0 Å². The normalized spacial score (nSPS) is 18.4. The van der Waals surface area contributed by atoms with Crippen LogP contribution in [0.15, 0.2) is 24.4 Å². The molecule has 1 aromatic heterocycles. The Hall–Kier alpha value is -2.05. The zero-order chi connectivity index (χ0) is 24.7. The topological polar surface area (TPSA) is 53.5 Å². The number of hydrogen-bond donors (Lipinski definition) is 0. The Labute approximate surface area is 202 Å². The summed E-state index contributed by atoms with van der Waals surface area (Å²) in [7, 11) is -2.18. The van der Waals surface area contributed by atoms with Gasteiger partial charge in [0, 0.05) is 49.7 Å². The zero-order valence-electron chi connectivity index (χ0n) is 19.3. The molecule has 1 fully saturated rings. The Morgan fingerprint density at radius 1 is 1.18 bits per heavy atom. The van der Waals surface area contributed by atoms with Crippen LogP contribution in [0.1, 0.15) is 45.6 Å². The third-order valence-corrected chi connectivity index (χ3v) is 9.25.